The normalized spacial score (nSPS) is 29.8. The second-order valence-corrected chi connectivity index (χ2v) is 24.7. The number of ether oxygens (including phenoxy) is 6. The van der Waals surface area contributed by atoms with Gasteiger partial charge in [0.05, 0.1) is 38.6 Å². The van der Waals surface area contributed by atoms with Gasteiger partial charge in [-0.3, -0.25) is 9.59 Å². The predicted molar refractivity (Wildman–Crippen MR) is 315 cm³/mol. The molecule has 3 rings (SSSR count). The third-order valence-corrected chi connectivity index (χ3v) is 17.0. The van der Waals surface area contributed by atoms with Crippen molar-refractivity contribution in [2.45, 2.75) is 350 Å². The highest BCUT2D eigenvalue weighted by molar-refractivity contribution is 5.80. The Morgan fingerprint density at radius 2 is 0.857 bits per heavy atom. The van der Waals surface area contributed by atoms with E-state index < -0.39 is 155 Å². The zero-order valence-corrected chi connectivity index (χ0v) is 51.6. The molecular weight excluding hydrogens is 1090 g/mol. The van der Waals surface area contributed by atoms with Gasteiger partial charge in [0.25, 0.3) is 0 Å². The predicted octanol–water partition coefficient (Wildman–Crippen LogP) is 4.32. The molecule has 84 heavy (non-hydrogen) atoms. The Labute approximate surface area is 502 Å². The maximum Gasteiger partial charge on any atom is 0.249 e. The number of aliphatic hydroxyl groups is 12. The molecule has 496 valence electrons. The Morgan fingerprint density at radius 1 is 0.464 bits per heavy atom. The van der Waals surface area contributed by atoms with Crippen LogP contribution in [-0.2, 0) is 38.0 Å². The van der Waals surface area contributed by atoms with Gasteiger partial charge in [-0.2, -0.15) is 0 Å². The van der Waals surface area contributed by atoms with Crippen LogP contribution in [0, 0.1) is 5.92 Å². The number of rotatable bonds is 48. The highest BCUT2D eigenvalue weighted by Gasteiger charge is 2.55. The summed E-state index contributed by atoms with van der Waals surface area (Å²) in [5.41, 5.74) is 0. The van der Waals surface area contributed by atoms with Crippen LogP contribution >= 0.6 is 0 Å². The van der Waals surface area contributed by atoms with E-state index in [0.717, 1.165) is 64.7 Å². The summed E-state index contributed by atoms with van der Waals surface area (Å²) >= 11 is 0. The van der Waals surface area contributed by atoms with E-state index in [9.17, 15) is 70.9 Å². The molecule has 0 aromatic rings. The van der Waals surface area contributed by atoms with E-state index in [1.165, 1.54) is 122 Å². The fourth-order valence-corrected chi connectivity index (χ4v) is 11.6. The SMILES string of the molecule is CCCCCCCCCCCCCCCCCCCCCC[C@@H](O)C(=O)N[C@@H](CO[C@H]1O[C@H](CO)[C@H](O)[C@H](O[C@H]2O[C@H](CO)[C@H](O)[C@H](O)[C@H]2NC(C)=O)[C@H]1O[C@H]1O[C@H](CO)[C@@H](O)[C@H](O)[C@H]1O)[C@H](O)[C@H](O)CCCCCCCCCCCC(C)C. The van der Waals surface area contributed by atoms with Crippen LogP contribution in [0.25, 0.3) is 0 Å². The Kier molecular flexibility index (Phi) is 40.6. The van der Waals surface area contributed by atoms with E-state index in [4.69, 9.17) is 28.4 Å². The highest BCUT2D eigenvalue weighted by atomic mass is 16.8. The topological polar surface area (TPSA) is 356 Å². The summed E-state index contributed by atoms with van der Waals surface area (Å²) in [6.45, 7) is 4.53. The highest BCUT2D eigenvalue weighted by Crippen LogP contribution is 2.34. The summed E-state index contributed by atoms with van der Waals surface area (Å²) in [4.78, 5) is 26.1. The molecule has 0 unspecified atom stereocenters. The Balaban J connectivity index is 1.71. The van der Waals surface area contributed by atoms with E-state index in [0.29, 0.717) is 18.8 Å². The van der Waals surface area contributed by atoms with Crippen LogP contribution in [-0.4, -0.2) is 216 Å². The molecule has 3 fully saturated rings. The zero-order chi connectivity index (χ0) is 61.8. The summed E-state index contributed by atoms with van der Waals surface area (Å²) < 4.78 is 36.0. The lowest BCUT2D eigenvalue weighted by Crippen LogP contribution is -2.69. The minimum absolute atomic E-state index is 0.121. The average Bonchev–Trinajstić information content (AvgIpc) is 2.32. The maximum absolute atomic E-state index is 13.8. The summed E-state index contributed by atoms with van der Waals surface area (Å²) in [6, 6.07) is -3.01. The Morgan fingerprint density at radius 3 is 1.31 bits per heavy atom. The van der Waals surface area contributed by atoms with E-state index in [-0.39, 0.29) is 12.8 Å². The van der Waals surface area contributed by atoms with Gasteiger partial charge in [-0.1, -0.05) is 213 Å². The van der Waals surface area contributed by atoms with Crippen molar-refractivity contribution in [1.82, 2.24) is 10.6 Å². The third-order valence-electron chi connectivity index (χ3n) is 17.0. The van der Waals surface area contributed by atoms with Crippen molar-refractivity contribution in [2.24, 2.45) is 5.92 Å². The standard InChI is InChI=1S/C62H118N2O20/c1-5-6-7-8-9-10-11-12-13-14-15-16-17-18-19-20-23-27-30-33-36-45(70)59(78)64-43(50(71)44(69)35-32-29-26-24-21-22-25-28-31-34-41(2)3)40-79-62-58(84-61-56(77)55(76)52(73)47(38-66)81-61)57(53(74)48(39-67)82-62)83-60-49(63-42(4)68)54(75)51(72)46(37-65)80-60/h41,43-58,60-62,65-67,69-77H,5-40H2,1-4H3,(H,63,68)(H,64,78)/t43-,44+,45+,46+,47+,48+,49+,50-,51-,52+,53-,54+,55-,56+,57-,58+,60+,61+,62-/m0/s1. The lowest BCUT2D eigenvalue weighted by Gasteiger charge is -2.49. The molecule has 0 radical (unpaired) electrons. The maximum atomic E-state index is 13.8. The molecule has 0 spiro atoms. The molecule has 14 N–H and O–H groups in total. The lowest BCUT2D eigenvalue weighted by molar-refractivity contribution is -0.387. The smallest absolute Gasteiger partial charge is 0.249 e. The van der Waals surface area contributed by atoms with Crippen molar-refractivity contribution in [2.75, 3.05) is 26.4 Å². The second-order valence-electron chi connectivity index (χ2n) is 24.7. The largest absolute Gasteiger partial charge is 0.394 e. The van der Waals surface area contributed by atoms with Crippen molar-refractivity contribution in [3.8, 4) is 0 Å². The first-order valence-corrected chi connectivity index (χ1v) is 32.8. The zero-order valence-electron chi connectivity index (χ0n) is 51.6. The van der Waals surface area contributed by atoms with Crippen molar-refractivity contribution in [3.63, 3.8) is 0 Å². The average molecular weight is 1210 g/mol. The molecular formula is C62H118N2O20. The van der Waals surface area contributed by atoms with Crippen molar-refractivity contribution in [3.05, 3.63) is 0 Å². The monoisotopic (exact) mass is 1210 g/mol. The van der Waals surface area contributed by atoms with Crippen molar-refractivity contribution >= 4 is 11.8 Å². The summed E-state index contributed by atoms with van der Waals surface area (Å²) in [5, 5.41) is 136. The third kappa shape index (κ3) is 28.4. The van der Waals surface area contributed by atoms with E-state index >= 15 is 0 Å². The number of unbranched alkanes of at least 4 members (excludes halogenated alkanes) is 27. The summed E-state index contributed by atoms with van der Waals surface area (Å²) in [6.07, 6.45) is 5.16. The van der Waals surface area contributed by atoms with E-state index in [2.05, 4.69) is 31.4 Å². The van der Waals surface area contributed by atoms with Gasteiger partial charge < -0.3 is 100 Å². The van der Waals surface area contributed by atoms with Gasteiger partial charge in [0.1, 0.15) is 85.4 Å². The number of carbonyl (C=O) groups excluding carboxylic acids is 2. The number of carbonyl (C=O) groups is 2. The van der Waals surface area contributed by atoms with Crippen LogP contribution in [0.3, 0.4) is 0 Å². The molecule has 0 aromatic carbocycles. The molecule has 19 atom stereocenters. The number of hydrogen-bond donors (Lipinski definition) is 14. The molecule has 3 heterocycles. The number of hydrogen-bond acceptors (Lipinski definition) is 20. The van der Waals surface area contributed by atoms with Crippen LogP contribution in [0.15, 0.2) is 0 Å². The second kappa shape index (κ2) is 44.6. The molecule has 0 saturated carbocycles. The fraction of sp³-hybridized carbons (Fsp3) is 0.968. The van der Waals surface area contributed by atoms with Gasteiger partial charge in [0, 0.05) is 6.92 Å². The van der Waals surface area contributed by atoms with Gasteiger partial charge in [0.2, 0.25) is 11.8 Å². The number of nitrogens with one attached hydrogen (secondary N) is 2. The Hall–Kier alpha value is -1.78. The van der Waals surface area contributed by atoms with Crippen LogP contribution in [0.2, 0.25) is 0 Å². The molecule has 3 aliphatic rings. The first-order valence-electron chi connectivity index (χ1n) is 32.8. The lowest BCUT2D eigenvalue weighted by atomic mass is 9.95. The fourth-order valence-electron chi connectivity index (χ4n) is 11.6. The molecule has 0 bridgehead atoms. The molecule has 22 nitrogen and oxygen atoms in total. The summed E-state index contributed by atoms with van der Waals surface area (Å²) in [5.74, 6) is -0.856. The van der Waals surface area contributed by atoms with Crippen molar-refractivity contribution in [1.29, 1.82) is 0 Å². The van der Waals surface area contributed by atoms with E-state index in [1.54, 1.807) is 0 Å². The van der Waals surface area contributed by atoms with Gasteiger partial charge in [-0.15, -0.1) is 0 Å². The van der Waals surface area contributed by atoms with Gasteiger partial charge in [-0.25, -0.2) is 0 Å². The Bertz CT molecular complexity index is 1660. The minimum Gasteiger partial charge on any atom is -0.394 e. The quantitative estimate of drug-likeness (QED) is 0.0377. The van der Waals surface area contributed by atoms with Gasteiger partial charge >= 0.3 is 0 Å². The molecule has 3 aliphatic heterocycles. The molecule has 22 heteroatoms. The number of aliphatic hydroxyl groups excluding tert-OH is 12. The van der Waals surface area contributed by atoms with Crippen molar-refractivity contribution < 1.29 is 99.3 Å². The molecule has 0 aliphatic carbocycles. The first-order chi connectivity index (χ1) is 40.4. The number of amides is 2. The van der Waals surface area contributed by atoms with Gasteiger partial charge in [0.15, 0.2) is 18.9 Å². The minimum atomic E-state index is -2.03. The molecule has 0 aromatic heterocycles. The van der Waals surface area contributed by atoms with Crippen LogP contribution in [0.4, 0.5) is 0 Å². The molecule has 3 saturated heterocycles. The van der Waals surface area contributed by atoms with Gasteiger partial charge in [-0.05, 0) is 18.8 Å². The first kappa shape index (κ1) is 76.5. The summed E-state index contributed by atoms with van der Waals surface area (Å²) in [7, 11) is 0. The molecule has 2 amide bonds. The van der Waals surface area contributed by atoms with E-state index in [1.807, 2.05) is 0 Å². The van der Waals surface area contributed by atoms with Crippen LogP contribution in [0.1, 0.15) is 233 Å². The van der Waals surface area contributed by atoms with Crippen LogP contribution in [0.5, 0.6) is 0 Å². The van der Waals surface area contributed by atoms with Crippen LogP contribution < -0.4 is 10.6 Å².